The summed E-state index contributed by atoms with van der Waals surface area (Å²) in [7, 11) is 0. The van der Waals surface area contributed by atoms with Crippen LogP contribution in [0.15, 0.2) is 42.5 Å². The molecule has 0 aliphatic carbocycles. The normalized spacial score (nSPS) is 14.9. The fourth-order valence-corrected chi connectivity index (χ4v) is 3.71. The lowest BCUT2D eigenvalue weighted by Crippen LogP contribution is -2.40. The van der Waals surface area contributed by atoms with Crippen molar-refractivity contribution < 1.29 is 4.74 Å². The van der Waals surface area contributed by atoms with Gasteiger partial charge in [0.15, 0.2) is 0 Å². The number of ether oxygens (including phenoxy) is 1. The van der Waals surface area contributed by atoms with E-state index in [0.29, 0.717) is 6.61 Å². The molecule has 0 atom stereocenters. The van der Waals surface area contributed by atoms with Gasteiger partial charge in [0.1, 0.15) is 5.84 Å². The van der Waals surface area contributed by atoms with Crippen molar-refractivity contribution in [1.82, 2.24) is 4.90 Å². The third-order valence-corrected chi connectivity index (χ3v) is 5.29. The van der Waals surface area contributed by atoms with Crippen LogP contribution in [0.1, 0.15) is 42.9 Å². The van der Waals surface area contributed by atoms with Crippen LogP contribution in [-0.2, 0) is 11.3 Å². The third kappa shape index (κ3) is 4.98. The van der Waals surface area contributed by atoms with Crippen LogP contribution < -0.4 is 5.73 Å². The van der Waals surface area contributed by atoms with E-state index in [2.05, 4.69) is 30.0 Å². The van der Waals surface area contributed by atoms with E-state index in [1.807, 2.05) is 31.2 Å². The number of rotatable bonds is 6. The number of nitrogen functional groups attached to an aromatic ring is 1. The number of likely N-dealkylation sites (tertiary alicyclic amines) is 1. The molecule has 1 aliphatic heterocycles. The lowest BCUT2D eigenvalue weighted by Gasteiger charge is -2.33. The molecule has 0 amide bonds. The lowest BCUT2D eigenvalue weighted by atomic mass is 9.98. The average Bonchev–Trinajstić information content (AvgIpc) is 2.71. The highest BCUT2D eigenvalue weighted by molar-refractivity contribution is 5.96. The number of nitrogens with one attached hydrogen (secondary N) is 2. The zero-order chi connectivity index (χ0) is 20.1. The zero-order valence-corrected chi connectivity index (χ0v) is 16.8. The van der Waals surface area contributed by atoms with Gasteiger partial charge in [-0.1, -0.05) is 42.8 Å². The zero-order valence-electron chi connectivity index (χ0n) is 16.8. The number of nitrogens with zero attached hydrogens (tertiary/aromatic N) is 1. The summed E-state index contributed by atoms with van der Waals surface area (Å²) in [6.07, 6.45) is 3.00. The van der Waals surface area contributed by atoms with Crippen molar-refractivity contribution >= 4 is 11.7 Å². The minimum atomic E-state index is 0.0838. The largest absolute Gasteiger partial charge is 0.384 e. The van der Waals surface area contributed by atoms with E-state index in [9.17, 15) is 0 Å². The SMILES string of the molecule is CCC(=N)N1CCC(OCc2cc(C)cc(-c3cccc(C(=N)N)c3)c2)CC1. The van der Waals surface area contributed by atoms with Crippen LogP contribution >= 0.6 is 0 Å². The second-order valence-electron chi connectivity index (χ2n) is 7.50. The van der Waals surface area contributed by atoms with E-state index < -0.39 is 0 Å². The molecular weight excluding hydrogens is 348 g/mol. The fourth-order valence-electron chi connectivity index (χ4n) is 3.71. The Morgan fingerprint density at radius 3 is 2.54 bits per heavy atom. The maximum absolute atomic E-state index is 7.97. The quantitative estimate of drug-likeness (QED) is 0.517. The van der Waals surface area contributed by atoms with Crippen LogP contribution in [0.4, 0.5) is 0 Å². The van der Waals surface area contributed by atoms with Crippen LogP contribution in [0.5, 0.6) is 0 Å². The van der Waals surface area contributed by atoms with Crippen LogP contribution in [0.3, 0.4) is 0 Å². The molecule has 0 spiro atoms. The summed E-state index contributed by atoms with van der Waals surface area (Å²) in [5.41, 5.74) is 10.9. The molecule has 1 aliphatic rings. The molecular formula is C23H30N4O. The van der Waals surface area contributed by atoms with Crippen LogP contribution in [0.2, 0.25) is 0 Å². The van der Waals surface area contributed by atoms with Gasteiger partial charge in [-0.15, -0.1) is 0 Å². The minimum absolute atomic E-state index is 0.0838. The first kappa shape index (κ1) is 20.1. The summed E-state index contributed by atoms with van der Waals surface area (Å²) in [4.78, 5) is 2.16. The lowest BCUT2D eigenvalue weighted by molar-refractivity contribution is 0.00804. The molecule has 28 heavy (non-hydrogen) atoms. The molecule has 3 rings (SSSR count). The molecule has 1 heterocycles. The average molecular weight is 379 g/mol. The van der Waals surface area contributed by atoms with E-state index in [-0.39, 0.29) is 11.9 Å². The second-order valence-corrected chi connectivity index (χ2v) is 7.50. The van der Waals surface area contributed by atoms with Gasteiger partial charge in [0.05, 0.1) is 18.5 Å². The second kappa shape index (κ2) is 9.02. The summed E-state index contributed by atoms with van der Waals surface area (Å²) in [6, 6.07) is 14.3. The van der Waals surface area contributed by atoms with Crippen molar-refractivity contribution in [2.75, 3.05) is 13.1 Å². The molecule has 148 valence electrons. The van der Waals surface area contributed by atoms with Gasteiger partial charge < -0.3 is 15.4 Å². The molecule has 2 aromatic rings. The highest BCUT2D eigenvalue weighted by Crippen LogP contribution is 2.25. The van der Waals surface area contributed by atoms with Gasteiger partial charge >= 0.3 is 0 Å². The monoisotopic (exact) mass is 378 g/mol. The molecule has 0 radical (unpaired) electrons. The Labute approximate surface area is 167 Å². The molecule has 4 N–H and O–H groups in total. The van der Waals surface area contributed by atoms with E-state index in [1.165, 1.54) is 5.56 Å². The van der Waals surface area contributed by atoms with Crippen LogP contribution in [0.25, 0.3) is 11.1 Å². The number of benzene rings is 2. The summed E-state index contributed by atoms with van der Waals surface area (Å²) >= 11 is 0. The molecule has 0 bridgehead atoms. The summed E-state index contributed by atoms with van der Waals surface area (Å²) < 4.78 is 6.19. The summed E-state index contributed by atoms with van der Waals surface area (Å²) in [6.45, 7) is 6.54. The third-order valence-electron chi connectivity index (χ3n) is 5.29. The van der Waals surface area contributed by atoms with Gasteiger partial charge in [-0.25, -0.2) is 0 Å². The van der Waals surface area contributed by atoms with Crippen molar-refractivity contribution in [1.29, 1.82) is 10.8 Å². The number of hydrogen-bond acceptors (Lipinski definition) is 3. The maximum atomic E-state index is 7.97. The fraction of sp³-hybridized carbons (Fsp3) is 0.391. The van der Waals surface area contributed by atoms with Gasteiger partial charge in [-0.2, -0.15) is 0 Å². The number of nitrogens with two attached hydrogens (primary N) is 1. The van der Waals surface area contributed by atoms with E-state index in [4.69, 9.17) is 21.3 Å². The van der Waals surface area contributed by atoms with Gasteiger partial charge in [-0.05, 0) is 48.6 Å². The standard InChI is InChI=1S/C23H30N4O/c1-3-22(24)27-9-7-21(8-10-27)28-15-17-11-16(2)12-20(13-17)18-5-4-6-19(14-18)23(25)26/h4-6,11-14,21,24H,3,7-10,15H2,1-2H3,(H3,25,26). The number of aryl methyl sites for hydroxylation is 1. The Bertz CT molecular complexity index is 853. The number of piperidine rings is 1. The van der Waals surface area contributed by atoms with Crippen molar-refractivity contribution in [2.45, 2.75) is 45.8 Å². The molecule has 5 nitrogen and oxygen atoms in total. The molecule has 2 aromatic carbocycles. The van der Waals surface area contributed by atoms with Gasteiger partial charge in [-0.3, -0.25) is 10.8 Å². The minimum Gasteiger partial charge on any atom is -0.384 e. The first-order valence-corrected chi connectivity index (χ1v) is 9.95. The first-order chi connectivity index (χ1) is 13.5. The highest BCUT2D eigenvalue weighted by atomic mass is 16.5. The smallest absolute Gasteiger partial charge is 0.122 e. The number of hydrogen-bond donors (Lipinski definition) is 3. The van der Waals surface area contributed by atoms with Crippen molar-refractivity contribution in [3.05, 3.63) is 59.2 Å². The molecule has 0 aromatic heterocycles. The van der Waals surface area contributed by atoms with Crippen molar-refractivity contribution in [2.24, 2.45) is 5.73 Å². The number of amidine groups is 2. The predicted molar refractivity (Wildman–Crippen MR) is 115 cm³/mol. The van der Waals surface area contributed by atoms with Crippen molar-refractivity contribution in [3.63, 3.8) is 0 Å². The Kier molecular flexibility index (Phi) is 6.47. The van der Waals surface area contributed by atoms with E-state index in [0.717, 1.165) is 60.4 Å². The predicted octanol–water partition coefficient (Wildman–Crippen LogP) is 4.31. The first-order valence-electron chi connectivity index (χ1n) is 9.95. The highest BCUT2D eigenvalue weighted by Gasteiger charge is 2.20. The Balaban J connectivity index is 1.65. The molecule has 5 heteroatoms. The van der Waals surface area contributed by atoms with E-state index in [1.54, 1.807) is 0 Å². The van der Waals surface area contributed by atoms with Gasteiger partial charge in [0.2, 0.25) is 0 Å². The topological polar surface area (TPSA) is 86.2 Å². The van der Waals surface area contributed by atoms with Gasteiger partial charge in [0, 0.05) is 25.1 Å². The summed E-state index contributed by atoms with van der Waals surface area (Å²) in [5, 5.41) is 15.6. The van der Waals surface area contributed by atoms with Crippen LogP contribution in [0, 0.1) is 17.7 Å². The van der Waals surface area contributed by atoms with E-state index >= 15 is 0 Å². The van der Waals surface area contributed by atoms with Crippen LogP contribution in [-0.4, -0.2) is 35.8 Å². The maximum Gasteiger partial charge on any atom is 0.122 e. The van der Waals surface area contributed by atoms with Gasteiger partial charge in [0.25, 0.3) is 0 Å². The molecule has 1 saturated heterocycles. The molecule has 0 unspecified atom stereocenters. The van der Waals surface area contributed by atoms with Crippen molar-refractivity contribution in [3.8, 4) is 11.1 Å². The molecule has 1 fully saturated rings. The Hall–Kier alpha value is -2.66. The summed E-state index contributed by atoms with van der Waals surface area (Å²) in [5.74, 6) is 0.815. The molecule has 0 saturated carbocycles. The Morgan fingerprint density at radius 1 is 1.11 bits per heavy atom. The Morgan fingerprint density at radius 2 is 1.86 bits per heavy atom.